The first-order valence-electron chi connectivity index (χ1n) is 6.89. The molecule has 100 valence electrons. The molecular weight excluding hydrogens is 238 g/mol. The summed E-state index contributed by atoms with van der Waals surface area (Å²) in [5.74, 6) is 0.282. The Kier molecular flexibility index (Phi) is 2.81. The molecule has 1 aliphatic carbocycles. The third kappa shape index (κ3) is 1.82. The summed E-state index contributed by atoms with van der Waals surface area (Å²) in [5, 5.41) is 4.51. The van der Waals surface area contributed by atoms with E-state index in [-0.39, 0.29) is 5.78 Å². The van der Waals surface area contributed by atoms with Gasteiger partial charge in [0.15, 0.2) is 5.78 Å². The number of hydrogen-bond acceptors (Lipinski definition) is 2. The molecule has 2 heterocycles. The van der Waals surface area contributed by atoms with E-state index in [2.05, 4.69) is 23.5 Å². The first kappa shape index (κ1) is 12.2. The zero-order chi connectivity index (χ0) is 13.6. The Bertz CT molecular complexity index is 649. The summed E-state index contributed by atoms with van der Waals surface area (Å²) in [6.45, 7) is 4.18. The van der Waals surface area contributed by atoms with Crippen LogP contribution in [0.5, 0.6) is 0 Å². The fourth-order valence-electron chi connectivity index (χ4n) is 3.03. The largest absolute Gasteiger partial charge is 0.314 e. The van der Waals surface area contributed by atoms with Gasteiger partial charge in [0.05, 0.1) is 11.4 Å². The molecule has 4 heteroatoms. The highest BCUT2D eigenvalue weighted by atomic mass is 16.1. The Morgan fingerprint density at radius 1 is 1.37 bits per heavy atom. The average Bonchev–Trinajstić information content (AvgIpc) is 2.89. The molecule has 19 heavy (non-hydrogen) atoms. The predicted molar refractivity (Wildman–Crippen MR) is 73.9 cm³/mol. The number of carbonyl (C=O) groups excluding carboxylic acids is 1. The number of aryl methyl sites for hydroxylation is 3. The van der Waals surface area contributed by atoms with Crippen LogP contribution in [0, 0.1) is 6.92 Å². The summed E-state index contributed by atoms with van der Waals surface area (Å²) in [6, 6.07) is 2.03. The maximum Gasteiger partial charge on any atom is 0.164 e. The van der Waals surface area contributed by atoms with Crippen LogP contribution in [0.25, 0.3) is 5.69 Å². The summed E-state index contributed by atoms with van der Waals surface area (Å²) in [7, 11) is 1.94. The number of hydrogen-bond donors (Lipinski definition) is 0. The normalized spacial score (nSPS) is 14.8. The van der Waals surface area contributed by atoms with Crippen LogP contribution in [0.4, 0.5) is 0 Å². The Morgan fingerprint density at radius 3 is 2.89 bits per heavy atom. The minimum Gasteiger partial charge on any atom is -0.314 e. The molecule has 3 rings (SSSR count). The highest BCUT2D eigenvalue weighted by molar-refractivity contribution is 5.98. The molecule has 0 saturated heterocycles. The fraction of sp³-hybridized carbons (Fsp3) is 0.467. The van der Waals surface area contributed by atoms with Crippen LogP contribution in [0.3, 0.4) is 0 Å². The van der Waals surface area contributed by atoms with Gasteiger partial charge in [-0.15, -0.1) is 0 Å². The topological polar surface area (TPSA) is 39.8 Å². The average molecular weight is 257 g/mol. The summed E-state index contributed by atoms with van der Waals surface area (Å²) >= 11 is 0. The summed E-state index contributed by atoms with van der Waals surface area (Å²) < 4.78 is 4.07. The second-order valence-electron chi connectivity index (χ2n) is 5.25. The lowest BCUT2D eigenvalue weighted by atomic mass is 9.96. The summed E-state index contributed by atoms with van der Waals surface area (Å²) in [5.41, 5.74) is 5.41. The van der Waals surface area contributed by atoms with Crippen molar-refractivity contribution in [3.05, 3.63) is 34.9 Å². The van der Waals surface area contributed by atoms with Gasteiger partial charge in [0, 0.05) is 36.6 Å². The number of Topliss-reactive ketones (excluding diaryl/α,β-unsaturated/α-hetero) is 1. The molecule has 0 amide bonds. The molecule has 0 N–H and O–H groups in total. The number of nitrogens with zero attached hydrogens (tertiary/aromatic N) is 3. The minimum atomic E-state index is 0.282. The minimum absolute atomic E-state index is 0.282. The van der Waals surface area contributed by atoms with E-state index in [1.54, 1.807) is 0 Å². The molecule has 0 aliphatic heterocycles. The Labute approximate surface area is 113 Å². The molecule has 0 spiro atoms. The predicted octanol–water partition coefficient (Wildman–Crippen LogP) is 2.60. The number of carbonyl (C=O) groups is 1. The molecule has 2 aromatic rings. The quantitative estimate of drug-likeness (QED) is 0.829. The number of rotatable bonds is 2. The highest BCUT2D eigenvalue weighted by Crippen LogP contribution is 2.29. The van der Waals surface area contributed by atoms with Gasteiger partial charge >= 0.3 is 0 Å². The van der Waals surface area contributed by atoms with Crippen LogP contribution < -0.4 is 0 Å². The molecule has 4 nitrogen and oxygen atoms in total. The maximum absolute atomic E-state index is 12.0. The molecule has 0 radical (unpaired) electrons. The number of ketones is 1. The van der Waals surface area contributed by atoms with E-state index in [0.29, 0.717) is 6.42 Å². The second-order valence-corrected chi connectivity index (χ2v) is 5.25. The lowest BCUT2D eigenvalue weighted by Gasteiger charge is -2.15. The number of aromatic nitrogens is 3. The molecule has 2 aromatic heterocycles. The van der Waals surface area contributed by atoms with E-state index in [0.717, 1.165) is 47.6 Å². The van der Waals surface area contributed by atoms with Crippen LogP contribution in [-0.4, -0.2) is 20.1 Å². The van der Waals surface area contributed by atoms with E-state index in [1.807, 2.05) is 24.0 Å². The first-order chi connectivity index (χ1) is 9.11. The van der Waals surface area contributed by atoms with Crippen molar-refractivity contribution in [3.8, 4) is 5.69 Å². The van der Waals surface area contributed by atoms with Crippen LogP contribution in [0.15, 0.2) is 12.3 Å². The molecular formula is C15H19N3O. The van der Waals surface area contributed by atoms with Gasteiger partial charge in [-0.05, 0) is 32.3 Å². The molecule has 0 fully saturated rings. The van der Waals surface area contributed by atoms with Gasteiger partial charge < -0.3 is 4.57 Å². The molecule has 0 aromatic carbocycles. The SMILES string of the molecule is CCc1nn(C)cc1-n1c(C)cc2c1CCCC2=O. The van der Waals surface area contributed by atoms with Crippen molar-refractivity contribution in [1.29, 1.82) is 0 Å². The van der Waals surface area contributed by atoms with Crippen LogP contribution >= 0.6 is 0 Å². The van der Waals surface area contributed by atoms with E-state index in [4.69, 9.17) is 0 Å². The van der Waals surface area contributed by atoms with Gasteiger partial charge in [0.25, 0.3) is 0 Å². The lowest BCUT2D eigenvalue weighted by molar-refractivity contribution is 0.0972. The maximum atomic E-state index is 12.0. The smallest absolute Gasteiger partial charge is 0.164 e. The second kappa shape index (κ2) is 4.37. The third-order valence-electron chi connectivity index (χ3n) is 3.86. The highest BCUT2D eigenvalue weighted by Gasteiger charge is 2.24. The van der Waals surface area contributed by atoms with Crippen molar-refractivity contribution in [2.75, 3.05) is 0 Å². The Morgan fingerprint density at radius 2 is 2.16 bits per heavy atom. The molecule has 0 bridgehead atoms. The van der Waals surface area contributed by atoms with E-state index in [9.17, 15) is 4.79 Å². The summed E-state index contributed by atoms with van der Waals surface area (Å²) in [6.07, 6.45) is 5.57. The van der Waals surface area contributed by atoms with Crippen molar-refractivity contribution >= 4 is 5.78 Å². The van der Waals surface area contributed by atoms with E-state index >= 15 is 0 Å². The molecule has 1 aliphatic rings. The molecule has 0 unspecified atom stereocenters. The van der Waals surface area contributed by atoms with Gasteiger partial charge in [-0.25, -0.2) is 0 Å². The Hall–Kier alpha value is -1.84. The van der Waals surface area contributed by atoms with Gasteiger partial charge in [0.2, 0.25) is 0 Å². The third-order valence-corrected chi connectivity index (χ3v) is 3.86. The lowest BCUT2D eigenvalue weighted by Crippen LogP contribution is -2.13. The van der Waals surface area contributed by atoms with Crippen molar-refractivity contribution in [1.82, 2.24) is 14.3 Å². The van der Waals surface area contributed by atoms with Gasteiger partial charge in [-0.3, -0.25) is 9.48 Å². The first-order valence-corrected chi connectivity index (χ1v) is 6.89. The van der Waals surface area contributed by atoms with Crippen molar-refractivity contribution in [2.24, 2.45) is 7.05 Å². The van der Waals surface area contributed by atoms with E-state index < -0.39 is 0 Å². The van der Waals surface area contributed by atoms with Crippen molar-refractivity contribution in [3.63, 3.8) is 0 Å². The molecule has 0 saturated carbocycles. The van der Waals surface area contributed by atoms with Gasteiger partial charge in [-0.2, -0.15) is 5.10 Å². The number of fused-ring (bicyclic) bond motifs is 1. The van der Waals surface area contributed by atoms with Crippen LogP contribution in [0.2, 0.25) is 0 Å². The van der Waals surface area contributed by atoms with Gasteiger partial charge in [0.1, 0.15) is 0 Å². The zero-order valence-corrected chi connectivity index (χ0v) is 11.7. The monoisotopic (exact) mass is 257 g/mol. The standard InChI is InChI=1S/C15H19N3O/c1-4-12-14(9-17(3)16-12)18-10(2)8-11-13(18)6-5-7-15(11)19/h8-9H,4-7H2,1-3H3. The summed E-state index contributed by atoms with van der Waals surface area (Å²) in [4.78, 5) is 12.0. The van der Waals surface area contributed by atoms with Crippen molar-refractivity contribution < 1.29 is 4.79 Å². The van der Waals surface area contributed by atoms with Crippen LogP contribution in [0.1, 0.15) is 47.2 Å². The fourth-order valence-corrected chi connectivity index (χ4v) is 3.03. The van der Waals surface area contributed by atoms with Crippen molar-refractivity contribution in [2.45, 2.75) is 39.5 Å². The Balaban J connectivity index is 2.22. The van der Waals surface area contributed by atoms with E-state index in [1.165, 1.54) is 0 Å². The molecule has 0 atom stereocenters. The van der Waals surface area contributed by atoms with Gasteiger partial charge in [-0.1, -0.05) is 6.92 Å². The zero-order valence-electron chi connectivity index (χ0n) is 11.7. The van der Waals surface area contributed by atoms with Crippen LogP contribution in [-0.2, 0) is 19.9 Å².